The van der Waals surface area contributed by atoms with E-state index in [2.05, 4.69) is 0 Å². The number of benzene rings is 1. The number of fused-ring (bicyclic) bond motifs is 1. The molecule has 0 spiro atoms. The molecule has 2 aromatic rings. The van der Waals surface area contributed by atoms with Crippen molar-refractivity contribution >= 4 is 27.1 Å². The van der Waals surface area contributed by atoms with E-state index in [1.54, 1.807) is 11.3 Å². The Morgan fingerprint density at radius 2 is 2.21 bits per heavy atom. The van der Waals surface area contributed by atoms with Gasteiger partial charge in [0.1, 0.15) is 5.75 Å². The van der Waals surface area contributed by atoms with Gasteiger partial charge in [-0.1, -0.05) is 12.1 Å². The molecule has 0 amide bonds. The van der Waals surface area contributed by atoms with Gasteiger partial charge >= 0.3 is 0 Å². The van der Waals surface area contributed by atoms with E-state index in [0.29, 0.717) is 6.61 Å². The van der Waals surface area contributed by atoms with Gasteiger partial charge in [0.05, 0.1) is 17.0 Å². The molecule has 0 atom stereocenters. The predicted molar refractivity (Wildman–Crippen MR) is 62.1 cm³/mol. The van der Waals surface area contributed by atoms with Crippen LogP contribution in [-0.2, 0) is 0 Å². The molecule has 0 aliphatic heterocycles. The lowest BCUT2D eigenvalue weighted by molar-refractivity contribution is 0.345. The third kappa shape index (κ3) is 1.34. The molecule has 14 heavy (non-hydrogen) atoms. The Balaban J connectivity index is 2.68. The van der Waals surface area contributed by atoms with Crippen molar-refractivity contribution in [2.24, 2.45) is 0 Å². The number of hydrogen-bond acceptors (Lipinski definition) is 3. The van der Waals surface area contributed by atoms with Gasteiger partial charge in [0.2, 0.25) is 0 Å². The third-order valence-electron chi connectivity index (χ3n) is 2.20. The average Bonchev–Trinajstić information content (AvgIpc) is 2.46. The zero-order valence-electron chi connectivity index (χ0n) is 8.33. The normalized spacial score (nSPS) is 10.7. The van der Waals surface area contributed by atoms with E-state index in [1.807, 2.05) is 32.0 Å². The average molecular weight is 207 g/mol. The van der Waals surface area contributed by atoms with E-state index in [4.69, 9.17) is 10.5 Å². The molecular formula is C11H13NOS. The van der Waals surface area contributed by atoms with Crippen LogP contribution in [0, 0.1) is 6.92 Å². The Kier molecular flexibility index (Phi) is 2.33. The largest absolute Gasteiger partial charge is 0.492 e. The van der Waals surface area contributed by atoms with Crippen LogP contribution in [0.4, 0.5) is 5.69 Å². The molecule has 0 unspecified atom stereocenters. The summed E-state index contributed by atoms with van der Waals surface area (Å²) in [5, 5.41) is 1.11. The number of hydrogen-bond donors (Lipinski definition) is 1. The molecular weight excluding hydrogens is 194 g/mol. The molecule has 1 aromatic carbocycles. The van der Waals surface area contributed by atoms with Crippen LogP contribution in [0.25, 0.3) is 10.1 Å². The lowest BCUT2D eigenvalue weighted by Crippen LogP contribution is -1.91. The van der Waals surface area contributed by atoms with Gasteiger partial charge in [-0.15, -0.1) is 11.3 Å². The molecule has 1 heterocycles. The van der Waals surface area contributed by atoms with Gasteiger partial charge in [0.25, 0.3) is 0 Å². The fourth-order valence-electron chi connectivity index (χ4n) is 1.50. The molecule has 0 bridgehead atoms. The van der Waals surface area contributed by atoms with Crippen molar-refractivity contribution in [1.29, 1.82) is 0 Å². The van der Waals surface area contributed by atoms with Gasteiger partial charge in [-0.25, -0.2) is 0 Å². The first-order valence-corrected chi connectivity index (χ1v) is 5.46. The number of anilines is 1. The van der Waals surface area contributed by atoms with Gasteiger partial charge < -0.3 is 10.5 Å². The molecule has 0 saturated carbocycles. The molecule has 0 saturated heterocycles. The fraction of sp³-hybridized carbons (Fsp3) is 0.273. The molecule has 1 aromatic heterocycles. The highest BCUT2D eigenvalue weighted by Crippen LogP contribution is 2.38. The Morgan fingerprint density at radius 3 is 2.93 bits per heavy atom. The van der Waals surface area contributed by atoms with Gasteiger partial charge in [0.15, 0.2) is 0 Å². The van der Waals surface area contributed by atoms with Crippen molar-refractivity contribution in [3.63, 3.8) is 0 Å². The van der Waals surface area contributed by atoms with Crippen molar-refractivity contribution in [1.82, 2.24) is 0 Å². The number of aryl methyl sites for hydroxylation is 1. The summed E-state index contributed by atoms with van der Waals surface area (Å²) >= 11 is 1.70. The second-order valence-electron chi connectivity index (χ2n) is 3.14. The molecule has 0 radical (unpaired) electrons. The van der Waals surface area contributed by atoms with Crippen molar-refractivity contribution in [3.8, 4) is 5.75 Å². The summed E-state index contributed by atoms with van der Waals surface area (Å²) in [5.41, 5.74) is 6.84. The van der Waals surface area contributed by atoms with E-state index in [9.17, 15) is 0 Å². The molecule has 0 aliphatic rings. The number of rotatable bonds is 2. The van der Waals surface area contributed by atoms with Crippen LogP contribution >= 0.6 is 11.3 Å². The van der Waals surface area contributed by atoms with Gasteiger partial charge in [-0.2, -0.15) is 0 Å². The Labute approximate surface area is 87.3 Å². The van der Waals surface area contributed by atoms with Crippen molar-refractivity contribution in [2.45, 2.75) is 13.8 Å². The van der Waals surface area contributed by atoms with E-state index in [0.717, 1.165) is 26.4 Å². The summed E-state index contributed by atoms with van der Waals surface area (Å²) in [6, 6.07) is 6.01. The van der Waals surface area contributed by atoms with E-state index in [1.165, 1.54) is 0 Å². The minimum absolute atomic E-state index is 0.690. The lowest BCUT2D eigenvalue weighted by Gasteiger charge is -2.03. The summed E-state index contributed by atoms with van der Waals surface area (Å²) < 4.78 is 6.70. The first kappa shape index (κ1) is 9.34. The van der Waals surface area contributed by atoms with Gasteiger partial charge in [-0.3, -0.25) is 0 Å². The summed E-state index contributed by atoms with van der Waals surface area (Å²) in [6.07, 6.45) is 0. The Morgan fingerprint density at radius 1 is 1.43 bits per heavy atom. The van der Waals surface area contributed by atoms with Gasteiger partial charge in [-0.05, 0) is 19.9 Å². The third-order valence-corrected chi connectivity index (χ3v) is 3.35. The molecule has 0 aliphatic carbocycles. The van der Waals surface area contributed by atoms with Crippen LogP contribution < -0.4 is 10.5 Å². The molecule has 2 N–H and O–H groups in total. The summed E-state index contributed by atoms with van der Waals surface area (Å²) in [4.78, 5) is 1.16. The minimum atomic E-state index is 0.690. The van der Waals surface area contributed by atoms with Crippen LogP contribution in [0.3, 0.4) is 0 Å². The molecule has 0 fully saturated rings. The highest BCUT2D eigenvalue weighted by molar-refractivity contribution is 7.20. The number of nitrogen functional groups attached to an aromatic ring is 1. The predicted octanol–water partition coefficient (Wildman–Crippen LogP) is 3.19. The quantitative estimate of drug-likeness (QED) is 0.820. The van der Waals surface area contributed by atoms with Gasteiger partial charge in [0, 0.05) is 10.3 Å². The second-order valence-corrected chi connectivity index (χ2v) is 4.36. The number of ether oxygens (including phenoxy) is 1. The van der Waals surface area contributed by atoms with Crippen molar-refractivity contribution in [3.05, 3.63) is 23.1 Å². The second kappa shape index (κ2) is 3.50. The number of nitrogens with two attached hydrogens (primary N) is 1. The summed E-state index contributed by atoms with van der Waals surface area (Å²) in [6.45, 7) is 4.72. The number of thiophene rings is 1. The minimum Gasteiger partial charge on any atom is -0.492 e. The maximum atomic E-state index is 5.96. The maximum absolute atomic E-state index is 5.96. The zero-order valence-corrected chi connectivity index (χ0v) is 9.15. The first-order valence-electron chi connectivity index (χ1n) is 4.64. The van der Waals surface area contributed by atoms with Crippen molar-refractivity contribution in [2.75, 3.05) is 12.3 Å². The molecule has 2 nitrogen and oxygen atoms in total. The highest BCUT2D eigenvalue weighted by Gasteiger charge is 2.09. The zero-order chi connectivity index (χ0) is 10.1. The first-order chi connectivity index (χ1) is 6.74. The van der Waals surface area contributed by atoms with Crippen LogP contribution in [-0.4, -0.2) is 6.61 Å². The van der Waals surface area contributed by atoms with Crippen LogP contribution in [0.15, 0.2) is 18.2 Å². The van der Waals surface area contributed by atoms with E-state index < -0.39 is 0 Å². The van der Waals surface area contributed by atoms with Crippen LogP contribution in [0.2, 0.25) is 0 Å². The Hall–Kier alpha value is -1.22. The van der Waals surface area contributed by atoms with Crippen LogP contribution in [0.1, 0.15) is 11.8 Å². The van der Waals surface area contributed by atoms with E-state index in [-0.39, 0.29) is 0 Å². The monoisotopic (exact) mass is 207 g/mol. The molecule has 3 heteroatoms. The Bertz CT molecular complexity index is 462. The van der Waals surface area contributed by atoms with Crippen molar-refractivity contribution < 1.29 is 4.74 Å². The highest BCUT2D eigenvalue weighted by atomic mass is 32.1. The topological polar surface area (TPSA) is 35.2 Å². The van der Waals surface area contributed by atoms with Crippen LogP contribution in [0.5, 0.6) is 5.75 Å². The maximum Gasteiger partial charge on any atom is 0.137 e. The smallest absolute Gasteiger partial charge is 0.137 e. The lowest BCUT2D eigenvalue weighted by atomic mass is 10.2. The summed E-state index contributed by atoms with van der Waals surface area (Å²) in [5.74, 6) is 0.940. The SMILES string of the molecule is CCOc1cccc2c(N)c(C)sc12. The standard InChI is InChI=1S/C11H13NOS/c1-3-13-9-6-4-5-8-10(12)7(2)14-11(8)9/h4-6H,3,12H2,1-2H3. The molecule has 74 valence electrons. The molecule has 2 rings (SSSR count). The van der Waals surface area contributed by atoms with E-state index >= 15 is 0 Å². The fourth-order valence-corrected chi connectivity index (χ4v) is 2.54. The summed E-state index contributed by atoms with van der Waals surface area (Å²) in [7, 11) is 0.